The molecule has 0 saturated carbocycles. The van der Waals surface area contributed by atoms with Crippen molar-refractivity contribution in [2.45, 2.75) is 71.6 Å². The van der Waals surface area contributed by atoms with Crippen molar-refractivity contribution < 1.29 is 0 Å². The smallest absolute Gasteiger partial charge is 0.00313 e. The SMILES string of the molecule is Cc1ccc(CCCCCCCCCCBr)cc1C. The minimum absolute atomic E-state index is 1.17. The van der Waals surface area contributed by atoms with Gasteiger partial charge in [0.25, 0.3) is 0 Å². The highest BCUT2D eigenvalue weighted by Crippen LogP contribution is 2.14. The second-order valence-electron chi connectivity index (χ2n) is 5.69. The molecular weight excluding hydrogens is 296 g/mol. The van der Waals surface area contributed by atoms with Crippen LogP contribution in [0.25, 0.3) is 0 Å². The zero-order valence-corrected chi connectivity index (χ0v) is 14.3. The average molecular weight is 325 g/mol. The number of aryl methyl sites for hydroxylation is 3. The summed E-state index contributed by atoms with van der Waals surface area (Å²) in [6.07, 6.45) is 12.4. The van der Waals surface area contributed by atoms with E-state index in [4.69, 9.17) is 0 Å². The minimum Gasteiger partial charge on any atom is -0.0928 e. The van der Waals surface area contributed by atoms with E-state index in [1.807, 2.05) is 0 Å². The largest absolute Gasteiger partial charge is 0.0928 e. The number of hydrogen-bond donors (Lipinski definition) is 0. The van der Waals surface area contributed by atoms with Crippen molar-refractivity contribution in [3.63, 3.8) is 0 Å². The van der Waals surface area contributed by atoms with Crippen LogP contribution in [0.5, 0.6) is 0 Å². The van der Waals surface area contributed by atoms with Crippen LogP contribution in [0.3, 0.4) is 0 Å². The van der Waals surface area contributed by atoms with Crippen molar-refractivity contribution in [1.82, 2.24) is 0 Å². The summed E-state index contributed by atoms with van der Waals surface area (Å²) in [4.78, 5) is 0. The second kappa shape index (κ2) is 10.5. The third-order valence-electron chi connectivity index (χ3n) is 3.92. The molecule has 0 amide bonds. The minimum atomic E-state index is 1.17. The number of benzene rings is 1. The molecule has 0 N–H and O–H groups in total. The fraction of sp³-hybridized carbons (Fsp3) is 0.667. The van der Waals surface area contributed by atoms with Crippen LogP contribution in [0.2, 0.25) is 0 Å². The highest BCUT2D eigenvalue weighted by Gasteiger charge is 1.97. The first-order valence-electron chi connectivity index (χ1n) is 7.86. The Bertz CT molecular complexity index is 344. The van der Waals surface area contributed by atoms with Crippen LogP contribution in [0, 0.1) is 13.8 Å². The van der Waals surface area contributed by atoms with Crippen LogP contribution in [0.4, 0.5) is 0 Å². The molecule has 108 valence electrons. The monoisotopic (exact) mass is 324 g/mol. The quantitative estimate of drug-likeness (QED) is 0.347. The van der Waals surface area contributed by atoms with E-state index in [2.05, 4.69) is 48.0 Å². The number of alkyl halides is 1. The lowest BCUT2D eigenvalue weighted by Gasteiger charge is -2.05. The molecule has 0 aliphatic carbocycles. The molecule has 0 spiro atoms. The van der Waals surface area contributed by atoms with Gasteiger partial charge in [-0.15, -0.1) is 0 Å². The van der Waals surface area contributed by atoms with Crippen LogP contribution in [-0.2, 0) is 6.42 Å². The first-order valence-corrected chi connectivity index (χ1v) is 8.98. The maximum absolute atomic E-state index is 3.48. The van der Waals surface area contributed by atoms with Gasteiger partial charge in [-0.3, -0.25) is 0 Å². The van der Waals surface area contributed by atoms with Crippen LogP contribution in [0.15, 0.2) is 18.2 Å². The third kappa shape index (κ3) is 7.77. The Morgan fingerprint density at radius 1 is 0.737 bits per heavy atom. The van der Waals surface area contributed by atoms with E-state index < -0.39 is 0 Å². The summed E-state index contributed by atoms with van der Waals surface area (Å²) in [5.74, 6) is 0. The zero-order valence-electron chi connectivity index (χ0n) is 12.7. The van der Waals surface area contributed by atoms with Crippen molar-refractivity contribution in [3.05, 3.63) is 34.9 Å². The predicted molar refractivity (Wildman–Crippen MR) is 90.4 cm³/mol. The van der Waals surface area contributed by atoms with Crippen molar-refractivity contribution >= 4 is 15.9 Å². The van der Waals surface area contributed by atoms with Gasteiger partial charge in [-0.1, -0.05) is 72.7 Å². The first kappa shape index (κ1) is 16.8. The lowest BCUT2D eigenvalue weighted by Crippen LogP contribution is -1.89. The van der Waals surface area contributed by atoms with Gasteiger partial charge in [0, 0.05) is 5.33 Å². The molecule has 0 saturated heterocycles. The van der Waals surface area contributed by atoms with Gasteiger partial charge in [0.05, 0.1) is 0 Å². The van der Waals surface area contributed by atoms with E-state index in [-0.39, 0.29) is 0 Å². The maximum atomic E-state index is 3.48. The van der Waals surface area contributed by atoms with E-state index in [9.17, 15) is 0 Å². The number of hydrogen-bond acceptors (Lipinski definition) is 0. The van der Waals surface area contributed by atoms with Gasteiger partial charge < -0.3 is 0 Å². The van der Waals surface area contributed by atoms with Crippen LogP contribution in [-0.4, -0.2) is 5.33 Å². The highest BCUT2D eigenvalue weighted by molar-refractivity contribution is 9.09. The Balaban J connectivity index is 2.00. The van der Waals surface area contributed by atoms with Crippen molar-refractivity contribution in [1.29, 1.82) is 0 Å². The summed E-state index contributed by atoms with van der Waals surface area (Å²) in [7, 11) is 0. The van der Waals surface area contributed by atoms with E-state index in [0.29, 0.717) is 0 Å². The van der Waals surface area contributed by atoms with E-state index in [1.54, 1.807) is 0 Å². The molecule has 0 fully saturated rings. The molecule has 1 aromatic rings. The van der Waals surface area contributed by atoms with E-state index in [1.165, 1.54) is 79.8 Å². The van der Waals surface area contributed by atoms with Gasteiger partial charge in [0.1, 0.15) is 0 Å². The molecule has 0 nitrogen and oxygen atoms in total. The number of halogens is 1. The summed E-state index contributed by atoms with van der Waals surface area (Å²) < 4.78 is 0. The van der Waals surface area contributed by atoms with Gasteiger partial charge in [0.2, 0.25) is 0 Å². The Morgan fingerprint density at radius 2 is 1.32 bits per heavy atom. The fourth-order valence-corrected chi connectivity index (χ4v) is 2.84. The Hall–Kier alpha value is -0.300. The summed E-state index contributed by atoms with van der Waals surface area (Å²) in [6, 6.07) is 6.91. The molecule has 1 rings (SSSR count). The standard InChI is InChI=1S/C18H29Br/c1-16-12-13-18(15-17(16)2)11-9-7-5-3-4-6-8-10-14-19/h12-13,15H,3-11,14H2,1-2H3. The topological polar surface area (TPSA) is 0 Å². The van der Waals surface area contributed by atoms with Gasteiger partial charge in [0.15, 0.2) is 0 Å². The molecule has 0 radical (unpaired) electrons. The van der Waals surface area contributed by atoms with Crippen molar-refractivity contribution in [2.75, 3.05) is 5.33 Å². The van der Waals surface area contributed by atoms with E-state index in [0.717, 1.165) is 0 Å². The summed E-state index contributed by atoms with van der Waals surface area (Å²) in [5.41, 5.74) is 4.36. The lowest BCUT2D eigenvalue weighted by molar-refractivity contribution is 0.577. The number of unbranched alkanes of at least 4 members (excludes halogenated alkanes) is 7. The van der Waals surface area contributed by atoms with Gasteiger partial charge in [-0.25, -0.2) is 0 Å². The van der Waals surface area contributed by atoms with E-state index >= 15 is 0 Å². The Morgan fingerprint density at radius 3 is 1.89 bits per heavy atom. The number of rotatable bonds is 10. The first-order chi connectivity index (χ1) is 9.24. The van der Waals surface area contributed by atoms with Gasteiger partial charge in [-0.05, 0) is 49.8 Å². The molecule has 0 aromatic heterocycles. The molecule has 0 atom stereocenters. The second-order valence-corrected chi connectivity index (χ2v) is 6.48. The summed E-state index contributed by atoms with van der Waals surface area (Å²) in [6.45, 7) is 4.40. The summed E-state index contributed by atoms with van der Waals surface area (Å²) >= 11 is 3.48. The normalized spacial score (nSPS) is 10.9. The van der Waals surface area contributed by atoms with Crippen LogP contribution in [0.1, 0.15) is 68.1 Å². The van der Waals surface area contributed by atoms with Crippen molar-refractivity contribution in [3.8, 4) is 0 Å². The van der Waals surface area contributed by atoms with Gasteiger partial charge >= 0.3 is 0 Å². The molecule has 1 heteroatoms. The molecule has 0 aliphatic rings. The maximum Gasteiger partial charge on any atom is 0.00313 e. The van der Waals surface area contributed by atoms with Crippen LogP contribution >= 0.6 is 15.9 Å². The predicted octanol–water partition coefficient (Wildman–Crippen LogP) is 6.36. The third-order valence-corrected chi connectivity index (χ3v) is 4.48. The molecule has 0 bridgehead atoms. The molecule has 19 heavy (non-hydrogen) atoms. The highest BCUT2D eigenvalue weighted by atomic mass is 79.9. The lowest BCUT2D eigenvalue weighted by atomic mass is 10.0. The van der Waals surface area contributed by atoms with Crippen LogP contribution < -0.4 is 0 Å². The van der Waals surface area contributed by atoms with Gasteiger partial charge in [-0.2, -0.15) is 0 Å². The molecule has 0 unspecified atom stereocenters. The Labute approximate surface area is 128 Å². The van der Waals surface area contributed by atoms with Crippen molar-refractivity contribution in [2.24, 2.45) is 0 Å². The molecule has 0 aliphatic heterocycles. The molecule has 1 aromatic carbocycles. The average Bonchev–Trinajstić information content (AvgIpc) is 2.41. The summed E-state index contributed by atoms with van der Waals surface area (Å²) in [5, 5.41) is 1.17. The Kier molecular flexibility index (Phi) is 9.24. The molecular formula is C18H29Br. The zero-order chi connectivity index (χ0) is 13.9. The molecule has 0 heterocycles. The fourth-order valence-electron chi connectivity index (χ4n) is 2.44.